The van der Waals surface area contributed by atoms with Gasteiger partial charge in [-0.3, -0.25) is 0 Å². The quantitative estimate of drug-likeness (QED) is 0.168. The number of hydrogen-bond acceptors (Lipinski definition) is 4. The number of para-hydroxylation sites is 4. The molecule has 0 radical (unpaired) electrons. The lowest BCUT2D eigenvalue weighted by atomic mass is 10.0. The van der Waals surface area contributed by atoms with Crippen LogP contribution in [-0.2, 0) is 0 Å². The van der Waals surface area contributed by atoms with Crippen LogP contribution in [0.25, 0.3) is 122 Å². The molecule has 0 saturated carbocycles. The first kappa shape index (κ1) is 35.2. The maximum Gasteiger partial charge on any atom is 0.164 e. The number of benzene rings is 9. The monoisotopic (exact) mass is 805 g/mol. The van der Waals surface area contributed by atoms with E-state index < -0.39 is 0 Å². The van der Waals surface area contributed by atoms with Crippen LogP contribution in [0.5, 0.6) is 0 Å². The Kier molecular flexibility index (Phi) is 7.80. The summed E-state index contributed by atoms with van der Waals surface area (Å²) in [6.07, 6.45) is 0. The molecule has 0 amide bonds. The number of aromatic nitrogens is 5. The summed E-state index contributed by atoms with van der Waals surface area (Å²) >= 11 is 0. The molecule has 6 nitrogen and oxygen atoms in total. The molecule has 0 fully saturated rings. The van der Waals surface area contributed by atoms with Gasteiger partial charge in [-0.25, -0.2) is 15.0 Å². The molecule has 0 aliphatic rings. The van der Waals surface area contributed by atoms with Crippen LogP contribution in [0.4, 0.5) is 0 Å². The lowest BCUT2D eigenvalue weighted by molar-refractivity contribution is 0.669. The Morgan fingerprint density at radius 2 is 0.762 bits per heavy atom. The summed E-state index contributed by atoms with van der Waals surface area (Å²) < 4.78 is 11.0. The minimum Gasteiger partial charge on any atom is -0.456 e. The van der Waals surface area contributed by atoms with Gasteiger partial charge in [-0.15, -0.1) is 0 Å². The summed E-state index contributed by atoms with van der Waals surface area (Å²) in [5, 5.41) is 6.91. The highest BCUT2D eigenvalue weighted by Gasteiger charge is 2.19. The number of furan rings is 1. The van der Waals surface area contributed by atoms with Gasteiger partial charge in [0.15, 0.2) is 17.5 Å². The molecule has 63 heavy (non-hydrogen) atoms. The Balaban J connectivity index is 0.918. The Morgan fingerprint density at radius 3 is 1.40 bits per heavy atom. The van der Waals surface area contributed by atoms with E-state index in [1.54, 1.807) is 0 Å². The van der Waals surface area contributed by atoms with Gasteiger partial charge in [-0.1, -0.05) is 127 Å². The highest BCUT2D eigenvalue weighted by atomic mass is 16.3. The highest BCUT2D eigenvalue weighted by molar-refractivity contribution is 6.13. The average molecular weight is 806 g/mol. The summed E-state index contributed by atoms with van der Waals surface area (Å²) in [6, 6.07) is 74.6. The second kappa shape index (κ2) is 14.0. The third-order valence-electron chi connectivity index (χ3n) is 12.4. The number of fused-ring (bicyclic) bond motifs is 9. The highest BCUT2D eigenvalue weighted by Crippen LogP contribution is 2.40. The van der Waals surface area contributed by atoms with Crippen LogP contribution < -0.4 is 0 Å². The second-order valence-electron chi connectivity index (χ2n) is 16.0. The Hall–Kier alpha value is -8.61. The smallest absolute Gasteiger partial charge is 0.164 e. The Morgan fingerprint density at radius 1 is 0.302 bits per heavy atom. The topological polar surface area (TPSA) is 61.7 Å². The fourth-order valence-electron chi connectivity index (χ4n) is 9.50. The van der Waals surface area contributed by atoms with Gasteiger partial charge in [-0.05, 0) is 96.1 Å². The standard InChI is InChI=1S/C57H35N5O/c1-3-14-36(15-4-1)55-58-56(60-57(59-55)45-21-13-25-53-54(45)44-20-9-12-24-52(44)63-53)37-26-30-41(31-27-37)62-49-23-11-8-19-43(49)47-35-39(29-33-51(47)62)38-28-32-50-46(34-38)42-18-7-10-22-48(42)61(50)40-16-5-2-6-17-40/h1-35H. The Bertz CT molecular complexity index is 3900. The van der Waals surface area contributed by atoms with Crippen LogP contribution in [-0.4, -0.2) is 24.1 Å². The predicted molar refractivity (Wildman–Crippen MR) is 258 cm³/mol. The van der Waals surface area contributed by atoms with E-state index in [9.17, 15) is 0 Å². The van der Waals surface area contributed by atoms with Crippen molar-refractivity contribution in [3.63, 3.8) is 0 Å². The first-order valence-electron chi connectivity index (χ1n) is 21.2. The van der Waals surface area contributed by atoms with Crippen LogP contribution in [0.15, 0.2) is 217 Å². The molecule has 0 spiro atoms. The van der Waals surface area contributed by atoms with E-state index in [0.29, 0.717) is 17.5 Å². The minimum atomic E-state index is 0.597. The molecule has 0 aliphatic heterocycles. The lowest BCUT2D eigenvalue weighted by Gasteiger charge is -2.11. The van der Waals surface area contributed by atoms with Crippen molar-refractivity contribution in [2.24, 2.45) is 0 Å². The lowest BCUT2D eigenvalue weighted by Crippen LogP contribution is -2.01. The molecule has 0 bridgehead atoms. The molecule has 6 heteroatoms. The molecular formula is C57H35N5O. The van der Waals surface area contributed by atoms with Crippen molar-refractivity contribution in [1.29, 1.82) is 0 Å². The van der Waals surface area contributed by atoms with E-state index in [4.69, 9.17) is 19.4 Å². The summed E-state index contributed by atoms with van der Waals surface area (Å²) in [7, 11) is 0. The van der Waals surface area contributed by atoms with Crippen molar-refractivity contribution in [2.75, 3.05) is 0 Å². The van der Waals surface area contributed by atoms with Gasteiger partial charge in [0.1, 0.15) is 11.2 Å². The average Bonchev–Trinajstić information content (AvgIpc) is 4.02. The molecule has 0 atom stereocenters. The number of nitrogens with zero attached hydrogens (tertiary/aromatic N) is 5. The number of rotatable bonds is 6. The molecule has 9 aromatic carbocycles. The van der Waals surface area contributed by atoms with Crippen LogP contribution in [0.1, 0.15) is 0 Å². The van der Waals surface area contributed by atoms with Crippen molar-refractivity contribution >= 4 is 65.6 Å². The van der Waals surface area contributed by atoms with Gasteiger partial charge < -0.3 is 13.6 Å². The zero-order valence-electron chi connectivity index (χ0n) is 33.9. The SMILES string of the molecule is c1ccc(-c2nc(-c3ccc(-n4c5ccccc5c5cc(-c6ccc7c(c6)c6ccccc6n7-c6ccccc6)ccc54)cc3)nc(-c3cccc4oc5ccccc5c34)n2)cc1. The minimum absolute atomic E-state index is 0.597. The molecule has 0 saturated heterocycles. The maximum atomic E-state index is 6.25. The van der Waals surface area contributed by atoms with E-state index in [-0.39, 0.29) is 0 Å². The molecule has 294 valence electrons. The fourth-order valence-corrected chi connectivity index (χ4v) is 9.50. The third kappa shape index (κ3) is 5.62. The molecule has 0 N–H and O–H groups in total. The van der Waals surface area contributed by atoms with Crippen molar-refractivity contribution in [3.8, 4) is 56.7 Å². The first-order valence-corrected chi connectivity index (χ1v) is 21.2. The van der Waals surface area contributed by atoms with Crippen molar-refractivity contribution in [2.45, 2.75) is 0 Å². The van der Waals surface area contributed by atoms with Crippen molar-refractivity contribution in [3.05, 3.63) is 212 Å². The predicted octanol–water partition coefficient (Wildman–Crippen LogP) is 14.6. The van der Waals surface area contributed by atoms with Gasteiger partial charge in [0.25, 0.3) is 0 Å². The van der Waals surface area contributed by atoms with Gasteiger partial charge in [-0.2, -0.15) is 0 Å². The molecule has 0 unspecified atom stereocenters. The summed E-state index contributed by atoms with van der Waals surface area (Å²) in [5.74, 6) is 1.81. The molecule has 13 rings (SSSR count). The Labute approximate surface area is 361 Å². The van der Waals surface area contributed by atoms with Crippen LogP contribution >= 0.6 is 0 Å². The summed E-state index contributed by atoms with van der Waals surface area (Å²) in [4.78, 5) is 15.3. The maximum absolute atomic E-state index is 6.25. The van der Waals surface area contributed by atoms with Crippen LogP contribution in [0.3, 0.4) is 0 Å². The third-order valence-corrected chi connectivity index (χ3v) is 12.4. The fraction of sp³-hybridized carbons (Fsp3) is 0. The largest absolute Gasteiger partial charge is 0.456 e. The van der Waals surface area contributed by atoms with E-state index >= 15 is 0 Å². The van der Waals surface area contributed by atoms with Gasteiger partial charge in [0.05, 0.1) is 22.1 Å². The van der Waals surface area contributed by atoms with Crippen LogP contribution in [0, 0.1) is 0 Å². The van der Waals surface area contributed by atoms with Crippen molar-refractivity contribution in [1.82, 2.24) is 24.1 Å². The molecule has 4 heterocycles. The molecule has 0 aliphatic carbocycles. The van der Waals surface area contributed by atoms with E-state index in [2.05, 4.69) is 161 Å². The van der Waals surface area contributed by atoms with Gasteiger partial charge in [0.2, 0.25) is 0 Å². The molecule has 4 aromatic heterocycles. The van der Waals surface area contributed by atoms with E-state index in [1.807, 2.05) is 60.7 Å². The summed E-state index contributed by atoms with van der Waals surface area (Å²) in [6.45, 7) is 0. The zero-order valence-corrected chi connectivity index (χ0v) is 33.9. The van der Waals surface area contributed by atoms with Gasteiger partial charge >= 0.3 is 0 Å². The second-order valence-corrected chi connectivity index (χ2v) is 16.0. The summed E-state index contributed by atoms with van der Waals surface area (Å²) in [5.41, 5.74) is 13.6. The zero-order chi connectivity index (χ0) is 41.4. The first-order chi connectivity index (χ1) is 31.2. The van der Waals surface area contributed by atoms with E-state index in [0.717, 1.165) is 61.0 Å². The normalized spacial score (nSPS) is 11.8. The number of hydrogen-bond donors (Lipinski definition) is 0. The van der Waals surface area contributed by atoms with Crippen molar-refractivity contribution < 1.29 is 4.42 Å². The van der Waals surface area contributed by atoms with Crippen LogP contribution in [0.2, 0.25) is 0 Å². The van der Waals surface area contributed by atoms with Gasteiger partial charge in [0, 0.05) is 60.4 Å². The van der Waals surface area contributed by atoms with E-state index in [1.165, 1.54) is 43.7 Å². The molecular weight excluding hydrogens is 771 g/mol. The molecule has 13 aromatic rings.